The second-order valence-corrected chi connectivity index (χ2v) is 4.02. The second-order valence-electron chi connectivity index (χ2n) is 4.02. The van der Waals surface area contributed by atoms with E-state index in [0.717, 1.165) is 5.69 Å². The number of nitrogen functional groups attached to an aromatic ring is 1. The van der Waals surface area contributed by atoms with Crippen molar-refractivity contribution in [1.82, 2.24) is 10.1 Å². The first kappa shape index (κ1) is 13.0. The van der Waals surface area contributed by atoms with E-state index in [1.54, 1.807) is 25.1 Å². The zero-order valence-electron chi connectivity index (χ0n) is 10.7. The van der Waals surface area contributed by atoms with Crippen LogP contribution in [0.1, 0.15) is 28.7 Å². The van der Waals surface area contributed by atoms with Crippen molar-refractivity contribution in [2.45, 2.75) is 20.3 Å². The van der Waals surface area contributed by atoms with Gasteiger partial charge in [0.1, 0.15) is 5.82 Å². The van der Waals surface area contributed by atoms with E-state index in [2.05, 4.69) is 20.9 Å². The van der Waals surface area contributed by atoms with Crippen LogP contribution in [-0.2, 0) is 6.42 Å². The highest BCUT2D eigenvalue weighted by Crippen LogP contribution is 2.14. The lowest BCUT2D eigenvalue weighted by atomic mass is 10.2. The standard InChI is InChI=1S/C12H15N5O2/c1-3-9-5-8(6-10(14-9)16-13)12(18)15-11-4-7(2)17-19-11/h4-6H,3,13H2,1-2H3,(H,14,16)(H,15,18). The van der Waals surface area contributed by atoms with Gasteiger partial charge in [-0.2, -0.15) is 0 Å². The zero-order chi connectivity index (χ0) is 13.8. The Morgan fingerprint density at radius 1 is 1.42 bits per heavy atom. The third-order valence-electron chi connectivity index (χ3n) is 2.52. The summed E-state index contributed by atoms with van der Waals surface area (Å²) in [6.45, 7) is 3.72. The molecular weight excluding hydrogens is 246 g/mol. The van der Waals surface area contributed by atoms with Crippen LogP contribution in [-0.4, -0.2) is 16.0 Å². The summed E-state index contributed by atoms with van der Waals surface area (Å²) in [5.41, 5.74) is 4.36. The van der Waals surface area contributed by atoms with E-state index in [1.165, 1.54) is 0 Å². The van der Waals surface area contributed by atoms with E-state index in [1.807, 2.05) is 6.92 Å². The molecule has 0 radical (unpaired) electrons. The molecule has 0 aliphatic rings. The predicted octanol–water partition coefficient (Wildman–Crippen LogP) is 1.48. The van der Waals surface area contributed by atoms with Crippen molar-refractivity contribution in [3.63, 3.8) is 0 Å². The van der Waals surface area contributed by atoms with Crippen molar-refractivity contribution in [2.75, 3.05) is 10.7 Å². The molecule has 0 aromatic carbocycles. The summed E-state index contributed by atoms with van der Waals surface area (Å²) in [6, 6.07) is 4.92. The molecule has 4 N–H and O–H groups in total. The van der Waals surface area contributed by atoms with Gasteiger partial charge in [-0.1, -0.05) is 12.1 Å². The molecule has 0 atom stereocenters. The Kier molecular flexibility index (Phi) is 3.76. The van der Waals surface area contributed by atoms with E-state index in [9.17, 15) is 4.79 Å². The number of amides is 1. The van der Waals surface area contributed by atoms with Crippen LogP contribution < -0.4 is 16.6 Å². The van der Waals surface area contributed by atoms with Gasteiger partial charge >= 0.3 is 0 Å². The Morgan fingerprint density at radius 3 is 2.79 bits per heavy atom. The van der Waals surface area contributed by atoms with Crippen LogP contribution in [0.2, 0.25) is 0 Å². The van der Waals surface area contributed by atoms with Crippen molar-refractivity contribution >= 4 is 17.6 Å². The van der Waals surface area contributed by atoms with Crippen LogP contribution in [0.3, 0.4) is 0 Å². The fourth-order valence-electron chi connectivity index (χ4n) is 1.58. The highest BCUT2D eigenvalue weighted by molar-refractivity contribution is 6.04. The van der Waals surface area contributed by atoms with Gasteiger partial charge in [-0.3, -0.25) is 10.1 Å². The quantitative estimate of drug-likeness (QED) is 0.568. The highest BCUT2D eigenvalue weighted by atomic mass is 16.5. The molecule has 2 aromatic heterocycles. The normalized spacial score (nSPS) is 10.3. The highest BCUT2D eigenvalue weighted by Gasteiger charge is 2.11. The van der Waals surface area contributed by atoms with E-state index < -0.39 is 0 Å². The monoisotopic (exact) mass is 261 g/mol. The van der Waals surface area contributed by atoms with E-state index in [-0.39, 0.29) is 5.91 Å². The van der Waals surface area contributed by atoms with E-state index in [0.29, 0.717) is 29.4 Å². The summed E-state index contributed by atoms with van der Waals surface area (Å²) in [5.74, 6) is 5.77. The lowest BCUT2D eigenvalue weighted by molar-refractivity contribution is 0.102. The lowest BCUT2D eigenvalue weighted by Gasteiger charge is -2.06. The molecule has 0 aliphatic heterocycles. The average Bonchev–Trinajstić information content (AvgIpc) is 2.83. The van der Waals surface area contributed by atoms with Gasteiger partial charge in [-0.05, 0) is 25.5 Å². The third kappa shape index (κ3) is 3.08. The van der Waals surface area contributed by atoms with Gasteiger partial charge in [-0.25, -0.2) is 10.8 Å². The number of nitrogens with two attached hydrogens (primary N) is 1. The van der Waals surface area contributed by atoms with Gasteiger partial charge < -0.3 is 9.95 Å². The van der Waals surface area contributed by atoms with Crippen molar-refractivity contribution < 1.29 is 9.32 Å². The fraction of sp³-hybridized carbons (Fsp3) is 0.250. The molecule has 0 unspecified atom stereocenters. The summed E-state index contributed by atoms with van der Waals surface area (Å²) in [6.07, 6.45) is 0.706. The van der Waals surface area contributed by atoms with E-state index in [4.69, 9.17) is 10.4 Å². The van der Waals surface area contributed by atoms with Crippen LogP contribution in [0, 0.1) is 6.92 Å². The molecule has 19 heavy (non-hydrogen) atoms. The number of carbonyl (C=O) groups is 1. The van der Waals surface area contributed by atoms with Crippen LogP contribution >= 0.6 is 0 Å². The molecule has 0 saturated heterocycles. The Balaban J connectivity index is 2.22. The van der Waals surface area contributed by atoms with Crippen LogP contribution in [0.25, 0.3) is 0 Å². The molecule has 0 aliphatic carbocycles. The molecule has 0 bridgehead atoms. The van der Waals surface area contributed by atoms with Crippen LogP contribution in [0.4, 0.5) is 11.7 Å². The topological polar surface area (TPSA) is 106 Å². The molecule has 100 valence electrons. The molecule has 0 saturated carbocycles. The SMILES string of the molecule is CCc1cc(C(=O)Nc2cc(C)no2)cc(NN)n1. The summed E-state index contributed by atoms with van der Waals surface area (Å²) in [5, 5.41) is 6.31. The number of aromatic nitrogens is 2. The number of hydrogen-bond donors (Lipinski definition) is 3. The van der Waals surface area contributed by atoms with Gasteiger partial charge in [-0.15, -0.1) is 0 Å². The number of rotatable bonds is 4. The van der Waals surface area contributed by atoms with Crippen molar-refractivity contribution in [1.29, 1.82) is 0 Å². The average molecular weight is 261 g/mol. The number of nitrogens with one attached hydrogen (secondary N) is 2. The maximum absolute atomic E-state index is 12.1. The maximum atomic E-state index is 12.1. The summed E-state index contributed by atoms with van der Waals surface area (Å²) < 4.78 is 4.93. The Morgan fingerprint density at radius 2 is 2.21 bits per heavy atom. The number of pyridine rings is 1. The molecule has 0 fully saturated rings. The maximum Gasteiger partial charge on any atom is 0.258 e. The molecule has 7 nitrogen and oxygen atoms in total. The van der Waals surface area contributed by atoms with Crippen LogP contribution in [0.15, 0.2) is 22.7 Å². The zero-order valence-corrected chi connectivity index (χ0v) is 10.7. The van der Waals surface area contributed by atoms with Gasteiger partial charge in [0, 0.05) is 17.3 Å². The Labute approximate surface area is 110 Å². The van der Waals surface area contributed by atoms with Crippen molar-refractivity contribution in [3.8, 4) is 0 Å². The van der Waals surface area contributed by atoms with Gasteiger partial charge in [0.05, 0.1) is 5.69 Å². The van der Waals surface area contributed by atoms with Gasteiger partial charge in [0.2, 0.25) is 5.88 Å². The minimum Gasteiger partial charge on any atom is -0.338 e. The summed E-state index contributed by atoms with van der Waals surface area (Å²) in [4.78, 5) is 16.3. The second kappa shape index (κ2) is 5.49. The van der Waals surface area contributed by atoms with E-state index >= 15 is 0 Å². The molecule has 2 heterocycles. The summed E-state index contributed by atoms with van der Waals surface area (Å²) >= 11 is 0. The third-order valence-corrected chi connectivity index (χ3v) is 2.52. The van der Waals surface area contributed by atoms with Gasteiger partial charge in [0.15, 0.2) is 0 Å². The number of nitrogens with zero attached hydrogens (tertiary/aromatic N) is 2. The molecule has 0 spiro atoms. The molecular formula is C12H15N5O2. The Bertz CT molecular complexity index is 571. The number of hydrogen-bond acceptors (Lipinski definition) is 6. The number of carbonyl (C=O) groups excluding carboxylic acids is 1. The Hall–Kier alpha value is -2.41. The molecule has 2 rings (SSSR count). The minimum absolute atomic E-state index is 0.301. The van der Waals surface area contributed by atoms with Crippen LogP contribution in [0.5, 0.6) is 0 Å². The first-order valence-corrected chi connectivity index (χ1v) is 5.84. The number of aryl methyl sites for hydroxylation is 2. The van der Waals surface area contributed by atoms with Crippen molar-refractivity contribution in [2.24, 2.45) is 5.84 Å². The number of hydrazine groups is 1. The molecule has 2 aromatic rings. The lowest BCUT2D eigenvalue weighted by Crippen LogP contribution is -2.15. The molecule has 7 heteroatoms. The molecule has 1 amide bonds. The smallest absolute Gasteiger partial charge is 0.258 e. The van der Waals surface area contributed by atoms with Gasteiger partial charge in [0.25, 0.3) is 5.91 Å². The summed E-state index contributed by atoms with van der Waals surface area (Å²) in [7, 11) is 0. The first-order valence-electron chi connectivity index (χ1n) is 5.84. The van der Waals surface area contributed by atoms with Crippen molar-refractivity contribution in [3.05, 3.63) is 35.2 Å². The number of anilines is 2. The first-order chi connectivity index (χ1) is 9.12. The largest absolute Gasteiger partial charge is 0.338 e. The fourth-order valence-corrected chi connectivity index (χ4v) is 1.58. The minimum atomic E-state index is -0.301. The predicted molar refractivity (Wildman–Crippen MR) is 70.6 cm³/mol.